The first-order valence-electron chi connectivity index (χ1n) is 10.1. The number of aromatic nitrogens is 1. The largest absolute Gasteiger partial charge is 0.399 e. The van der Waals surface area contributed by atoms with Gasteiger partial charge in [0, 0.05) is 17.6 Å². The molecule has 3 rings (SSSR count). The molecule has 31 heavy (non-hydrogen) atoms. The molecule has 7 heteroatoms. The molecule has 0 radical (unpaired) electrons. The van der Waals surface area contributed by atoms with E-state index in [1.165, 1.54) is 11.3 Å². The number of carbonyl (C=O) groups excluding carboxylic acids is 1. The molecule has 0 saturated heterocycles. The summed E-state index contributed by atoms with van der Waals surface area (Å²) >= 11 is 1.31. The number of allylic oxidation sites excluding steroid dienone is 1. The number of carbonyl (C=O) groups is 1. The molecule has 1 aromatic heterocycles. The first kappa shape index (κ1) is 22.5. The van der Waals surface area contributed by atoms with E-state index in [2.05, 4.69) is 11.6 Å². The molecule has 0 saturated carbocycles. The molecular weight excluding hydrogens is 408 g/mol. The number of thiazole rings is 1. The topological polar surface area (TPSA) is 105 Å². The lowest BCUT2D eigenvalue weighted by molar-refractivity contribution is -0.132. The Morgan fingerprint density at radius 2 is 1.97 bits per heavy atom. The maximum absolute atomic E-state index is 13.1. The number of benzene rings is 2. The van der Waals surface area contributed by atoms with Crippen LogP contribution >= 0.6 is 11.3 Å². The maximum Gasteiger partial charge on any atom is 0.228 e. The summed E-state index contributed by atoms with van der Waals surface area (Å²) in [7, 11) is 0. The molecular formula is C24H28N4O2S. The van der Waals surface area contributed by atoms with E-state index in [1.807, 2.05) is 54.6 Å². The van der Waals surface area contributed by atoms with Gasteiger partial charge in [0.1, 0.15) is 0 Å². The molecule has 0 bridgehead atoms. The molecule has 1 amide bonds. The van der Waals surface area contributed by atoms with Crippen LogP contribution in [0.3, 0.4) is 0 Å². The summed E-state index contributed by atoms with van der Waals surface area (Å²) in [5.41, 5.74) is 16.0. The van der Waals surface area contributed by atoms with Crippen molar-refractivity contribution in [1.82, 2.24) is 9.88 Å². The van der Waals surface area contributed by atoms with Gasteiger partial charge >= 0.3 is 0 Å². The van der Waals surface area contributed by atoms with Crippen molar-refractivity contribution in [3.63, 3.8) is 0 Å². The molecule has 0 fully saturated rings. The molecule has 2 aromatic carbocycles. The van der Waals surface area contributed by atoms with Crippen molar-refractivity contribution < 1.29 is 9.90 Å². The minimum atomic E-state index is -0.773. The van der Waals surface area contributed by atoms with Crippen molar-refractivity contribution >= 4 is 28.1 Å². The molecule has 0 aliphatic heterocycles. The Morgan fingerprint density at radius 1 is 1.19 bits per heavy atom. The molecule has 3 aromatic rings. The van der Waals surface area contributed by atoms with Gasteiger partial charge in [-0.1, -0.05) is 42.5 Å². The molecule has 162 valence electrons. The molecule has 5 N–H and O–H groups in total. The molecule has 0 aliphatic carbocycles. The zero-order valence-corrected chi connectivity index (χ0v) is 18.2. The highest BCUT2D eigenvalue weighted by molar-refractivity contribution is 7.13. The van der Waals surface area contributed by atoms with E-state index >= 15 is 0 Å². The van der Waals surface area contributed by atoms with Crippen molar-refractivity contribution in [2.24, 2.45) is 0 Å². The third kappa shape index (κ3) is 6.41. The zero-order valence-electron chi connectivity index (χ0n) is 17.4. The summed E-state index contributed by atoms with van der Waals surface area (Å²) in [5, 5.41) is 13.0. The van der Waals surface area contributed by atoms with E-state index in [0.717, 1.165) is 16.7 Å². The second-order valence-electron chi connectivity index (χ2n) is 7.39. The van der Waals surface area contributed by atoms with Crippen LogP contribution in [0.2, 0.25) is 0 Å². The minimum Gasteiger partial charge on any atom is -0.399 e. The van der Waals surface area contributed by atoms with Gasteiger partial charge in [-0.05, 0) is 41.7 Å². The number of aliphatic hydroxyl groups excluding tert-OH is 1. The third-order valence-corrected chi connectivity index (χ3v) is 5.80. The average Bonchev–Trinajstić information content (AvgIpc) is 3.17. The van der Waals surface area contributed by atoms with E-state index < -0.39 is 6.10 Å². The standard InChI is InChI=1S/C24H28N4O2S/c1-2-6-19-13-20(25)10-9-17(19)11-12-28(15-22(29)18-7-4-3-5-8-18)23(30)14-21-16-31-24(26)27-21/h2-5,7-10,13,16,22,29H,1,6,11-12,14-15,25H2,(H2,26,27). The second kappa shape index (κ2) is 10.7. The van der Waals surface area contributed by atoms with Crippen LogP contribution in [0.25, 0.3) is 0 Å². The number of hydrogen-bond donors (Lipinski definition) is 3. The van der Waals surface area contributed by atoms with Gasteiger partial charge in [0.2, 0.25) is 5.91 Å². The normalized spacial score (nSPS) is 11.8. The van der Waals surface area contributed by atoms with Crippen LogP contribution in [0, 0.1) is 0 Å². The van der Waals surface area contributed by atoms with Crippen LogP contribution in [-0.4, -0.2) is 34.0 Å². The van der Waals surface area contributed by atoms with Gasteiger partial charge in [-0.15, -0.1) is 17.9 Å². The van der Waals surface area contributed by atoms with Crippen LogP contribution in [0.15, 0.2) is 66.6 Å². The molecule has 0 aliphatic rings. The molecule has 1 unspecified atom stereocenters. The van der Waals surface area contributed by atoms with E-state index in [4.69, 9.17) is 11.5 Å². The lowest BCUT2D eigenvalue weighted by Crippen LogP contribution is -2.37. The number of amides is 1. The predicted molar refractivity (Wildman–Crippen MR) is 127 cm³/mol. The predicted octanol–water partition coefficient (Wildman–Crippen LogP) is 3.38. The van der Waals surface area contributed by atoms with E-state index in [9.17, 15) is 9.90 Å². The second-order valence-corrected chi connectivity index (χ2v) is 8.28. The highest BCUT2D eigenvalue weighted by atomic mass is 32.1. The summed E-state index contributed by atoms with van der Waals surface area (Å²) in [6.45, 7) is 4.49. The molecule has 1 heterocycles. The fraction of sp³-hybridized carbons (Fsp3) is 0.250. The van der Waals surface area contributed by atoms with Gasteiger partial charge in [0.05, 0.1) is 24.8 Å². The van der Waals surface area contributed by atoms with Crippen molar-refractivity contribution in [1.29, 1.82) is 0 Å². The first-order valence-corrected chi connectivity index (χ1v) is 11.0. The fourth-order valence-corrected chi connectivity index (χ4v) is 4.03. The van der Waals surface area contributed by atoms with Crippen molar-refractivity contribution in [3.8, 4) is 0 Å². The summed E-state index contributed by atoms with van der Waals surface area (Å²) < 4.78 is 0. The number of nitrogen functional groups attached to an aromatic ring is 2. The van der Waals surface area contributed by atoms with Crippen molar-refractivity contribution in [3.05, 3.63) is 89.0 Å². The van der Waals surface area contributed by atoms with Gasteiger partial charge in [0.25, 0.3) is 0 Å². The van der Waals surface area contributed by atoms with Crippen molar-refractivity contribution in [2.75, 3.05) is 24.6 Å². The lowest BCUT2D eigenvalue weighted by atomic mass is 10.0. The van der Waals surface area contributed by atoms with Crippen LogP contribution in [0.1, 0.15) is 28.5 Å². The highest BCUT2D eigenvalue weighted by Gasteiger charge is 2.20. The number of aliphatic hydroxyl groups is 1. The van der Waals surface area contributed by atoms with Crippen LogP contribution in [0.5, 0.6) is 0 Å². The lowest BCUT2D eigenvalue weighted by Gasteiger charge is -2.26. The van der Waals surface area contributed by atoms with Crippen LogP contribution < -0.4 is 11.5 Å². The number of nitrogens with two attached hydrogens (primary N) is 2. The highest BCUT2D eigenvalue weighted by Crippen LogP contribution is 2.19. The summed E-state index contributed by atoms with van der Waals surface area (Å²) in [4.78, 5) is 19.0. The average molecular weight is 437 g/mol. The Bertz CT molecular complexity index is 1020. The van der Waals surface area contributed by atoms with Gasteiger partial charge in [-0.3, -0.25) is 4.79 Å². The molecule has 0 spiro atoms. The van der Waals surface area contributed by atoms with Crippen LogP contribution in [-0.2, 0) is 24.1 Å². The zero-order chi connectivity index (χ0) is 22.2. The van der Waals surface area contributed by atoms with E-state index in [0.29, 0.717) is 35.9 Å². The first-order chi connectivity index (χ1) is 15.0. The Kier molecular flexibility index (Phi) is 7.81. The quantitative estimate of drug-likeness (QED) is 0.334. The van der Waals surface area contributed by atoms with Crippen LogP contribution in [0.4, 0.5) is 10.8 Å². The van der Waals surface area contributed by atoms with Gasteiger partial charge < -0.3 is 21.5 Å². The van der Waals surface area contributed by atoms with E-state index in [1.54, 1.807) is 10.3 Å². The van der Waals surface area contributed by atoms with Crippen molar-refractivity contribution in [2.45, 2.75) is 25.4 Å². The monoisotopic (exact) mass is 436 g/mol. The van der Waals surface area contributed by atoms with Gasteiger partial charge in [-0.25, -0.2) is 4.98 Å². The van der Waals surface area contributed by atoms with Gasteiger partial charge in [0.15, 0.2) is 5.13 Å². The third-order valence-electron chi connectivity index (χ3n) is 5.08. The SMILES string of the molecule is C=CCc1cc(N)ccc1CCN(CC(O)c1ccccc1)C(=O)Cc1csc(N)n1. The number of nitrogens with zero attached hydrogens (tertiary/aromatic N) is 2. The maximum atomic E-state index is 13.1. The summed E-state index contributed by atoms with van der Waals surface area (Å²) in [5.74, 6) is -0.0963. The molecule has 1 atom stereocenters. The molecule has 6 nitrogen and oxygen atoms in total. The Morgan fingerprint density at radius 3 is 2.65 bits per heavy atom. The van der Waals surface area contributed by atoms with Gasteiger partial charge in [-0.2, -0.15) is 0 Å². The Balaban J connectivity index is 1.76. The summed E-state index contributed by atoms with van der Waals surface area (Å²) in [6, 6.07) is 15.2. The number of hydrogen-bond acceptors (Lipinski definition) is 6. The fourth-order valence-electron chi connectivity index (χ4n) is 3.47. The smallest absolute Gasteiger partial charge is 0.228 e. The minimum absolute atomic E-state index is 0.0963. The number of rotatable bonds is 10. The van der Waals surface area contributed by atoms with E-state index in [-0.39, 0.29) is 18.9 Å². The number of anilines is 2. The summed E-state index contributed by atoms with van der Waals surface area (Å²) in [6.07, 6.45) is 2.57. The Hall–Kier alpha value is -3.16. The Labute approximate surface area is 186 Å².